The van der Waals surface area contributed by atoms with E-state index in [0.29, 0.717) is 25.7 Å². The van der Waals surface area contributed by atoms with Gasteiger partial charge in [-0.15, -0.1) is 0 Å². The average molecular weight is 404 g/mol. The Morgan fingerprint density at radius 1 is 1.10 bits per heavy atom. The third kappa shape index (κ3) is 3.52. The first-order valence-electron chi connectivity index (χ1n) is 11.1. The van der Waals surface area contributed by atoms with Gasteiger partial charge in [-0.1, -0.05) is 49.2 Å². The molecule has 156 valence electrons. The van der Waals surface area contributed by atoms with Crippen molar-refractivity contribution in [2.45, 2.75) is 37.5 Å². The van der Waals surface area contributed by atoms with Gasteiger partial charge in [-0.3, -0.25) is 4.79 Å². The number of hydrogen-bond acceptors (Lipinski definition) is 3. The molecule has 2 aliphatic rings. The molecule has 1 unspecified atom stereocenters. The minimum atomic E-state index is -0.360. The van der Waals surface area contributed by atoms with Crippen molar-refractivity contribution < 1.29 is 9.53 Å². The van der Waals surface area contributed by atoms with Gasteiger partial charge in [0.1, 0.15) is 0 Å². The summed E-state index contributed by atoms with van der Waals surface area (Å²) in [6.45, 7) is 2.74. The molecular formula is C25H29N3O2. The van der Waals surface area contributed by atoms with Crippen molar-refractivity contribution in [1.82, 2.24) is 14.5 Å². The molecule has 0 radical (unpaired) electrons. The topological polar surface area (TPSA) is 46.8 Å². The summed E-state index contributed by atoms with van der Waals surface area (Å²) in [5.74, 6) is 0.580. The van der Waals surface area contributed by atoms with Gasteiger partial charge in [-0.25, -0.2) is 4.52 Å². The predicted octanol–water partition coefficient (Wildman–Crippen LogP) is 3.86. The Bertz CT molecular complexity index is 1010. The van der Waals surface area contributed by atoms with Gasteiger partial charge in [0.05, 0.1) is 24.1 Å². The highest BCUT2D eigenvalue weighted by Crippen LogP contribution is 2.43. The van der Waals surface area contributed by atoms with Crippen LogP contribution in [0.2, 0.25) is 0 Å². The van der Waals surface area contributed by atoms with Crippen molar-refractivity contribution in [2.75, 3.05) is 26.3 Å². The van der Waals surface area contributed by atoms with E-state index in [-0.39, 0.29) is 11.3 Å². The fourth-order valence-corrected chi connectivity index (χ4v) is 5.35. The predicted molar refractivity (Wildman–Crippen MR) is 116 cm³/mol. The van der Waals surface area contributed by atoms with Crippen LogP contribution >= 0.6 is 0 Å². The SMILES string of the molecule is O=C(N1CCOCC(Cc2cccn3nccc23)C1)C1(c2ccccc2)CCCC1. The third-order valence-corrected chi connectivity index (χ3v) is 6.85. The first kappa shape index (κ1) is 19.3. The summed E-state index contributed by atoms with van der Waals surface area (Å²) < 4.78 is 7.85. The highest BCUT2D eigenvalue weighted by atomic mass is 16.5. The molecule has 5 nitrogen and oxygen atoms in total. The van der Waals surface area contributed by atoms with Crippen LogP contribution in [0.25, 0.3) is 5.52 Å². The zero-order chi connectivity index (χ0) is 20.4. The van der Waals surface area contributed by atoms with Crippen LogP contribution < -0.4 is 0 Å². The van der Waals surface area contributed by atoms with Gasteiger partial charge in [-0.2, -0.15) is 5.10 Å². The summed E-state index contributed by atoms with van der Waals surface area (Å²) in [6, 6.07) is 16.7. The Labute approximate surface area is 177 Å². The van der Waals surface area contributed by atoms with Gasteiger partial charge in [0, 0.05) is 31.4 Å². The van der Waals surface area contributed by atoms with E-state index in [2.05, 4.69) is 46.4 Å². The lowest BCUT2D eigenvalue weighted by Gasteiger charge is -2.35. The van der Waals surface area contributed by atoms with E-state index in [9.17, 15) is 4.79 Å². The second kappa shape index (κ2) is 8.23. The lowest BCUT2D eigenvalue weighted by atomic mass is 9.77. The normalized spacial score (nSPS) is 21.6. The van der Waals surface area contributed by atoms with Crippen LogP contribution in [0.4, 0.5) is 0 Å². The second-order valence-corrected chi connectivity index (χ2v) is 8.75. The van der Waals surface area contributed by atoms with Gasteiger partial charge in [0.2, 0.25) is 5.91 Å². The molecule has 5 rings (SSSR count). The van der Waals surface area contributed by atoms with E-state index >= 15 is 0 Å². The highest BCUT2D eigenvalue weighted by Gasteiger charge is 2.45. The van der Waals surface area contributed by atoms with Gasteiger partial charge >= 0.3 is 0 Å². The van der Waals surface area contributed by atoms with Crippen molar-refractivity contribution >= 4 is 11.4 Å². The molecular weight excluding hydrogens is 374 g/mol. The van der Waals surface area contributed by atoms with Crippen LogP contribution in [0, 0.1) is 5.92 Å². The van der Waals surface area contributed by atoms with Gasteiger partial charge in [0.15, 0.2) is 0 Å². The summed E-state index contributed by atoms with van der Waals surface area (Å²) in [5, 5.41) is 4.35. The molecule has 30 heavy (non-hydrogen) atoms. The number of nitrogens with zero attached hydrogens (tertiary/aromatic N) is 3. The van der Waals surface area contributed by atoms with Gasteiger partial charge in [-0.05, 0) is 42.5 Å². The van der Waals surface area contributed by atoms with Crippen LogP contribution in [-0.4, -0.2) is 46.7 Å². The molecule has 1 saturated heterocycles. The van der Waals surface area contributed by atoms with E-state index in [0.717, 1.165) is 44.2 Å². The molecule has 1 aliphatic carbocycles. The molecule has 0 bridgehead atoms. The van der Waals surface area contributed by atoms with E-state index in [4.69, 9.17) is 4.74 Å². The number of amides is 1. The molecule has 1 aliphatic heterocycles. The molecule has 0 spiro atoms. The van der Waals surface area contributed by atoms with Crippen LogP contribution in [0.5, 0.6) is 0 Å². The zero-order valence-electron chi connectivity index (χ0n) is 17.4. The number of ether oxygens (including phenoxy) is 1. The second-order valence-electron chi connectivity index (χ2n) is 8.75. The fraction of sp³-hybridized carbons (Fsp3) is 0.440. The Balaban J connectivity index is 1.39. The van der Waals surface area contributed by atoms with E-state index in [1.54, 1.807) is 0 Å². The zero-order valence-corrected chi connectivity index (χ0v) is 17.4. The monoisotopic (exact) mass is 403 g/mol. The fourth-order valence-electron chi connectivity index (χ4n) is 5.35. The van der Waals surface area contributed by atoms with Crippen molar-refractivity contribution in [3.05, 3.63) is 72.1 Å². The standard InChI is InChI=1S/C25H29N3O2/c29-24(25(11-4-5-12-25)22-8-2-1-3-9-22)27-15-16-30-19-20(18-27)17-21-7-6-14-28-23(21)10-13-26-28/h1-3,6-10,13-14,20H,4-5,11-12,15-19H2. The molecule has 3 heterocycles. The summed E-state index contributed by atoms with van der Waals surface area (Å²) in [4.78, 5) is 16.0. The Morgan fingerprint density at radius 2 is 1.93 bits per heavy atom. The number of pyridine rings is 1. The Morgan fingerprint density at radius 3 is 2.77 bits per heavy atom. The first-order chi connectivity index (χ1) is 14.8. The van der Waals surface area contributed by atoms with Gasteiger partial charge in [0.25, 0.3) is 0 Å². The maximum Gasteiger partial charge on any atom is 0.233 e. The minimum absolute atomic E-state index is 0.284. The minimum Gasteiger partial charge on any atom is -0.379 e. The molecule has 1 atom stereocenters. The largest absolute Gasteiger partial charge is 0.379 e. The molecule has 2 fully saturated rings. The van der Waals surface area contributed by atoms with E-state index < -0.39 is 0 Å². The van der Waals surface area contributed by atoms with Crippen molar-refractivity contribution in [2.24, 2.45) is 5.92 Å². The Kier molecular flexibility index (Phi) is 5.30. The Hall–Kier alpha value is -2.66. The summed E-state index contributed by atoms with van der Waals surface area (Å²) in [5.41, 5.74) is 3.22. The molecule has 1 aromatic carbocycles. The molecule has 3 aromatic rings. The van der Waals surface area contributed by atoms with Crippen LogP contribution in [0.15, 0.2) is 60.9 Å². The van der Waals surface area contributed by atoms with E-state index in [1.807, 2.05) is 29.0 Å². The number of benzene rings is 1. The van der Waals surface area contributed by atoms with Crippen molar-refractivity contribution in [1.29, 1.82) is 0 Å². The van der Waals surface area contributed by atoms with E-state index in [1.165, 1.54) is 11.1 Å². The molecule has 5 heteroatoms. The molecule has 0 N–H and O–H groups in total. The summed E-state index contributed by atoms with van der Waals surface area (Å²) in [7, 11) is 0. The molecule has 2 aromatic heterocycles. The number of aromatic nitrogens is 2. The maximum absolute atomic E-state index is 13.9. The number of carbonyl (C=O) groups is 1. The van der Waals surface area contributed by atoms with Crippen molar-refractivity contribution in [3.8, 4) is 0 Å². The molecule has 1 amide bonds. The molecule has 1 saturated carbocycles. The maximum atomic E-state index is 13.9. The number of hydrogen-bond donors (Lipinski definition) is 0. The smallest absolute Gasteiger partial charge is 0.233 e. The number of carbonyl (C=O) groups excluding carboxylic acids is 1. The third-order valence-electron chi connectivity index (χ3n) is 6.85. The van der Waals surface area contributed by atoms with Gasteiger partial charge < -0.3 is 9.64 Å². The first-order valence-corrected chi connectivity index (χ1v) is 11.1. The van der Waals surface area contributed by atoms with Crippen LogP contribution in [0.3, 0.4) is 0 Å². The van der Waals surface area contributed by atoms with Crippen molar-refractivity contribution in [3.63, 3.8) is 0 Å². The van der Waals surface area contributed by atoms with Crippen LogP contribution in [0.1, 0.15) is 36.8 Å². The average Bonchev–Trinajstić information content (AvgIpc) is 3.41. The highest BCUT2D eigenvalue weighted by molar-refractivity contribution is 5.88. The lowest BCUT2D eigenvalue weighted by molar-refractivity contribution is -0.137. The quantitative estimate of drug-likeness (QED) is 0.665. The summed E-state index contributed by atoms with van der Waals surface area (Å²) in [6.07, 6.45) is 8.84. The van der Waals surface area contributed by atoms with Crippen LogP contribution in [-0.2, 0) is 21.4 Å². The number of rotatable bonds is 4. The number of fused-ring (bicyclic) bond motifs is 1. The lowest BCUT2D eigenvalue weighted by Crippen LogP contribution is -2.47. The summed E-state index contributed by atoms with van der Waals surface area (Å²) >= 11 is 0.